The summed E-state index contributed by atoms with van der Waals surface area (Å²) >= 11 is 1.55. The second-order valence-electron chi connectivity index (χ2n) is 5.45. The highest BCUT2D eigenvalue weighted by Gasteiger charge is 2.22. The van der Waals surface area contributed by atoms with Gasteiger partial charge in [-0.25, -0.2) is 13.2 Å². The van der Waals surface area contributed by atoms with Crippen molar-refractivity contribution < 1.29 is 18.0 Å². The number of carbonyl (C=O) groups excluding carboxylic acids is 2. The first-order valence-corrected chi connectivity index (χ1v) is 11.1. The first-order valence-electron chi connectivity index (χ1n) is 8.22. The minimum atomic E-state index is -3.55. The standard InChI is InChI=1S/C16H26N4O4S2/c1-4-20(5-2)26(23,24)13-8-6-12(7-9-13)18-15(21)14(10-11-25-3)19-16(17)22/h6-9,14H,4-5,10-11H2,1-3H3,(H,18,21)(H3,17,19,22)/t14-/m0/s1. The van der Waals surface area contributed by atoms with Crippen molar-refractivity contribution in [3.63, 3.8) is 0 Å². The normalized spacial score (nSPS) is 12.6. The third kappa shape index (κ3) is 6.19. The van der Waals surface area contributed by atoms with Crippen molar-refractivity contribution in [3.8, 4) is 0 Å². The Labute approximate surface area is 158 Å². The highest BCUT2D eigenvalue weighted by molar-refractivity contribution is 7.98. The van der Waals surface area contributed by atoms with Crippen molar-refractivity contribution in [3.05, 3.63) is 24.3 Å². The SMILES string of the molecule is CCN(CC)S(=O)(=O)c1ccc(NC(=O)[C@H](CCSC)NC(N)=O)cc1. The van der Waals surface area contributed by atoms with E-state index in [0.717, 1.165) is 0 Å². The number of benzene rings is 1. The number of thioether (sulfide) groups is 1. The van der Waals surface area contributed by atoms with Gasteiger partial charge in [0.2, 0.25) is 15.9 Å². The van der Waals surface area contributed by atoms with Crippen molar-refractivity contribution in [2.75, 3.05) is 30.4 Å². The van der Waals surface area contributed by atoms with Gasteiger partial charge in [0.25, 0.3) is 0 Å². The quantitative estimate of drug-likeness (QED) is 0.547. The van der Waals surface area contributed by atoms with Crippen molar-refractivity contribution >= 4 is 39.4 Å². The summed E-state index contributed by atoms with van der Waals surface area (Å²) in [7, 11) is -3.55. The molecule has 0 radical (unpaired) electrons. The van der Waals surface area contributed by atoms with E-state index in [-0.39, 0.29) is 4.90 Å². The lowest BCUT2D eigenvalue weighted by Crippen LogP contribution is -2.46. The highest BCUT2D eigenvalue weighted by atomic mass is 32.2. The van der Waals surface area contributed by atoms with E-state index in [1.54, 1.807) is 25.6 Å². The van der Waals surface area contributed by atoms with E-state index < -0.39 is 28.0 Å². The maximum atomic E-state index is 12.5. The fourth-order valence-electron chi connectivity index (χ4n) is 2.33. The summed E-state index contributed by atoms with van der Waals surface area (Å²) in [6, 6.07) is 4.41. The smallest absolute Gasteiger partial charge is 0.312 e. The zero-order valence-electron chi connectivity index (χ0n) is 15.2. The Morgan fingerprint density at radius 2 is 1.77 bits per heavy atom. The van der Waals surface area contributed by atoms with Gasteiger partial charge < -0.3 is 16.4 Å². The molecule has 0 heterocycles. The fraction of sp³-hybridized carbons (Fsp3) is 0.500. The van der Waals surface area contributed by atoms with Gasteiger partial charge in [-0.2, -0.15) is 16.1 Å². The van der Waals surface area contributed by atoms with Gasteiger partial charge >= 0.3 is 6.03 Å². The molecule has 0 aromatic heterocycles. The molecule has 0 aliphatic carbocycles. The summed E-state index contributed by atoms with van der Waals surface area (Å²) in [6.45, 7) is 4.31. The van der Waals surface area contributed by atoms with Gasteiger partial charge in [-0.15, -0.1) is 0 Å². The van der Waals surface area contributed by atoms with Crippen molar-refractivity contribution in [1.29, 1.82) is 0 Å². The van der Waals surface area contributed by atoms with Crippen LogP contribution in [0.2, 0.25) is 0 Å². The number of primary amides is 1. The third-order valence-corrected chi connectivity index (χ3v) is 6.42. The lowest BCUT2D eigenvalue weighted by molar-refractivity contribution is -0.117. The molecular weight excluding hydrogens is 376 g/mol. The number of amides is 3. The molecular formula is C16H26N4O4S2. The van der Waals surface area contributed by atoms with E-state index >= 15 is 0 Å². The highest BCUT2D eigenvalue weighted by Crippen LogP contribution is 2.18. The van der Waals surface area contributed by atoms with Gasteiger partial charge in [0.1, 0.15) is 6.04 Å². The number of nitrogens with one attached hydrogen (secondary N) is 2. The average Bonchev–Trinajstić information content (AvgIpc) is 2.59. The molecule has 0 unspecified atom stereocenters. The van der Waals surface area contributed by atoms with Gasteiger partial charge in [0, 0.05) is 18.8 Å². The molecule has 26 heavy (non-hydrogen) atoms. The second kappa shape index (κ2) is 10.4. The van der Waals surface area contributed by atoms with Crippen LogP contribution in [0.4, 0.5) is 10.5 Å². The van der Waals surface area contributed by atoms with E-state index in [4.69, 9.17) is 5.73 Å². The first kappa shape index (κ1) is 22.3. The van der Waals surface area contributed by atoms with Crippen LogP contribution >= 0.6 is 11.8 Å². The molecule has 8 nitrogen and oxygen atoms in total. The Kier molecular flexibility index (Phi) is 8.89. The van der Waals surface area contributed by atoms with Crippen LogP contribution in [-0.4, -0.2) is 55.8 Å². The maximum absolute atomic E-state index is 12.5. The molecule has 0 aliphatic heterocycles. The molecule has 0 spiro atoms. The molecule has 1 aromatic rings. The Morgan fingerprint density at radius 1 is 1.19 bits per heavy atom. The number of nitrogens with zero attached hydrogens (tertiary/aromatic N) is 1. The molecule has 0 fully saturated rings. The number of urea groups is 1. The summed E-state index contributed by atoms with van der Waals surface area (Å²) in [5.74, 6) is 0.275. The molecule has 4 N–H and O–H groups in total. The van der Waals surface area contributed by atoms with E-state index in [0.29, 0.717) is 31.0 Å². The summed E-state index contributed by atoms with van der Waals surface area (Å²) in [6.07, 6.45) is 2.33. The van der Waals surface area contributed by atoms with Gasteiger partial charge in [0.15, 0.2) is 0 Å². The number of rotatable bonds is 10. The molecule has 146 valence electrons. The molecule has 0 aliphatic rings. The fourth-order valence-corrected chi connectivity index (χ4v) is 4.26. The summed E-state index contributed by atoms with van der Waals surface area (Å²) in [5, 5.41) is 5.08. The molecule has 1 atom stereocenters. The predicted molar refractivity (Wildman–Crippen MR) is 105 cm³/mol. The van der Waals surface area contributed by atoms with Gasteiger partial charge in [0.05, 0.1) is 4.90 Å². The minimum Gasteiger partial charge on any atom is -0.352 e. The molecule has 1 rings (SSSR count). The Bertz CT molecular complexity index is 703. The Hall–Kier alpha value is -1.78. The van der Waals surface area contributed by atoms with E-state index in [9.17, 15) is 18.0 Å². The largest absolute Gasteiger partial charge is 0.352 e. The minimum absolute atomic E-state index is 0.161. The average molecular weight is 403 g/mol. The molecule has 0 saturated heterocycles. The summed E-state index contributed by atoms with van der Waals surface area (Å²) in [5.41, 5.74) is 5.55. The van der Waals surface area contributed by atoms with Crippen LogP contribution in [0.5, 0.6) is 0 Å². The Balaban J connectivity index is 2.88. The van der Waals surface area contributed by atoms with Crippen LogP contribution in [0.1, 0.15) is 20.3 Å². The number of carbonyl (C=O) groups is 2. The van der Waals surface area contributed by atoms with Crippen LogP contribution in [-0.2, 0) is 14.8 Å². The monoisotopic (exact) mass is 402 g/mol. The topological polar surface area (TPSA) is 122 Å². The van der Waals surface area contributed by atoms with E-state index in [1.165, 1.54) is 28.6 Å². The molecule has 1 aromatic carbocycles. The third-order valence-electron chi connectivity index (χ3n) is 3.71. The first-order chi connectivity index (χ1) is 12.3. The maximum Gasteiger partial charge on any atom is 0.312 e. The van der Waals surface area contributed by atoms with Crippen LogP contribution in [0.25, 0.3) is 0 Å². The van der Waals surface area contributed by atoms with Gasteiger partial charge in [-0.1, -0.05) is 13.8 Å². The number of sulfonamides is 1. The van der Waals surface area contributed by atoms with Crippen molar-refractivity contribution in [2.45, 2.75) is 31.2 Å². The zero-order valence-corrected chi connectivity index (χ0v) is 16.8. The van der Waals surface area contributed by atoms with Crippen molar-refractivity contribution in [1.82, 2.24) is 9.62 Å². The number of anilines is 1. The lowest BCUT2D eigenvalue weighted by Gasteiger charge is -2.19. The summed E-state index contributed by atoms with van der Waals surface area (Å²) < 4.78 is 26.3. The van der Waals surface area contributed by atoms with Gasteiger partial charge in [-0.3, -0.25) is 4.79 Å². The van der Waals surface area contributed by atoms with Crippen LogP contribution in [0.3, 0.4) is 0 Å². The van der Waals surface area contributed by atoms with Crippen LogP contribution in [0, 0.1) is 0 Å². The molecule has 0 bridgehead atoms. The van der Waals surface area contributed by atoms with Crippen molar-refractivity contribution in [2.24, 2.45) is 5.73 Å². The van der Waals surface area contributed by atoms with Crippen LogP contribution < -0.4 is 16.4 Å². The number of nitrogens with two attached hydrogens (primary N) is 1. The zero-order chi connectivity index (χ0) is 19.7. The van der Waals surface area contributed by atoms with Gasteiger partial charge in [-0.05, 0) is 42.7 Å². The molecule has 3 amide bonds. The molecule has 0 saturated carbocycles. The van der Waals surface area contributed by atoms with E-state index in [1.807, 2.05) is 6.26 Å². The van der Waals surface area contributed by atoms with E-state index in [2.05, 4.69) is 10.6 Å². The number of hydrogen-bond acceptors (Lipinski definition) is 5. The van der Waals surface area contributed by atoms with Crippen LogP contribution in [0.15, 0.2) is 29.2 Å². The summed E-state index contributed by atoms with van der Waals surface area (Å²) in [4.78, 5) is 23.5. The number of hydrogen-bond donors (Lipinski definition) is 3. The lowest BCUT2D eigenvalue weighted by atomic mass is 10.2. The molecule has 10 heteroatoms. The predicted octanol–water partition coefficient (Wildman–Crippen LogP) is 1.45. The Morgan fingerprint density at radius 3 is 2.23 bits per heavy atom. The second-order valence-corrected chi connectivity index (χ2v) is 8.37.